The van der Waals surface area contributed by atoms with Crippen LogP contribution in [0.15, 0.2) is 26.6 Å². The first kappa shape index (κ1) is 8.42. The van der Waals surface area contributed by atoms with Crippen LogP contribution in [0.25, 0.3) is 0 Å². The lowest BCUT2D eigenvalue weighted by molar-refractivity contribution is -0.402. The van der Waals surface area contributed by atoms with Gasteiger partial charge in [0.15, 0.2) is 5.76 Å². The number of hydrogen-bond donors (Lipinski definition) is 1. The van der Waals surface area contributed by atoms with Crippen LogP contribution in [0.4, 0.5) is 5.88 Å². The molecule has 2 heterocycles. The van der Waals surface area contributed by atoms with Crippen LogP contribution >= 0.6 is 0 Å². The van der Waals surface area contributed by atoms with Gasteiger partial charge < -0.3 is 4.42 Å². The van der Waals surface area contributed by atoms with Crippen LogP contribution in [-0.2, 0) is 0 Å². The second-order valence-electron chi connectivity index (χ2n) is 2.55. The van der Waals surface area contributed by atoms with E-state index in [4.69, 9.17) is 4.42 Å². The van der Waals surface area contributed by atoms with Crippen LogP contribution < -0.4 is 5.43 Å². The van der Waals surface area contributed by atoms with Gasteiger partial charge in [-0.1, -0.05) is 0 Å². The van der Waals surface area contributed by atoms with Gasteiger partial charge in [0.05, 0.1) is 12.6 Å². The third-order valence-corrected chi connectivity index (χ3v) is 1.65. The van der Waals surface area contributed by atoms with Crippen molar-refractivity contribution in [2.75, 3.05) is 6.54 Å². The average Bonchev–Trinajstić information content (AvgIpc) is 2.68. The lowest BCUT2D eigenvalue weighted by Crippen LogP contribution is -2.17. The summed E-state index contributed by atoms with van der Waals surface area (Å²) in [4.78, 5) is 13.6. The van der Waals surface area contributed by atoms with Crippen molar-refractivity contribution in [3.8, 4) is 0 Å². The quantitative estimate of drug-likeness (QED) is 0.548. The Balaban J connectivity index is 2.24. The van der Waals surface area contributed by atoms with E-state index in [1.165, 1.54) is 18.5 Å². The minimum atomic E-state index is -0.594. The molecule has 14 heavy (non-hydrogen) atoms. The van der Waals surface area contributed by atoms with Crippen molar-refractivity contribution in [3.05, 3.63) is 28.0 Å². The van der Waals surface area contributed by atoms with E-state index in [0.29, 0.717) is 18.0 Å². The van der Waals surface area contributed by atoms with Gasteiger partial charge in [0.25, 0.3) is 0 Å². The molecular weight excluding hydrogens is 188 g/mol. The van der Waals surface area contributed by atoms with Crippen LogP contribution in [0.3, 0.4) is 0 Å². The summed E-state index contributed by atoms with van der Waals surface area (Å²) >= 11 is 0. The van der Waals surface area contributed by atoms with Gasteiger partial charge >= 0.3 is 5.88 Å². The highest BCUT2D eigenvalue weighted by Crippen LogP contribution is 2.16. The Kier molecular flexibility index (Phi) is 1.98. The lowest BCUT2D eigenvalue weighted by Gasteiger charge is -2.03. The molecule has 1 aromatic heterocycles. The minimum Gasteiger partial charge on any atom is -0.399 e. The van der Waals surface area contributed by atoms with Crippen molar-refractivity contribution in [2.45, 2.75) is 0 Å². The first-order valence-electron chi connectivity index (χ1n) is 3.82. The van der Waals surface area contributed by atoms with Crippen molar-refractivity contribution in [1.82, 2.24) is 5.43 Å². The summed E-state index contributed by atoms with van der Waals surface area (Å²) in [5.41, 5.74) is 3.08. The molecule has 0 spiro atoms. The molecule has 0 aromatic carbocycles. The number of hydrogen-bond acceptors (Lipinski definition) is 6. The summed E-state index contributed by atoms with van der Waals surface area (Å²) in [6.45, 7) is 0.359. The number of furan rings is 1. The van der Waals surface area contributed by atoms with Crippen LogP contribution in [0.5, 0.6) is 0 Å². The van der Waals surface area contributed by atoms with E-state index in [-0.39, 0.29) is 5.88 Å². The molecule has 2 rings (SSSR count). The third-order valence-electron chi connectivity index (χ3n) is 1.65. The topological polar surface area (TPSA) is 93.0 Å². The Morgan fingerprint density at radius 1 is 1.57 bits per heavy atom. The van der Waals surface area contributed by atoms with Crippen molar-refractivity contribution < 1.29 is 9.34 Å². The highest BCUT2D eigenvalue weighted by Gasteiger charge is 2.16. The maximum atomic E-state index is 10.3. The molecule has 7 nitrogen and oxygen atoms in total. The van der Waals surface area contributed by atoms with Crippen LogP contribution in [0.1, 0.15) is 5.76 Å². The number of hydrazone groups is 1. The van der Waals surface area contributed by atoms with Gasteiger partial charge in [-0.25, -0.2) is 0 Å². The smallest absolute Gasteiger partial charge is 0.399 e. The van der Waals surface area contributed by atoms with Gasteiger partial charge in [0, 0.05) is 0 Å². The zero-order valence-corrected chi connectivity index (χ0v) is 7.01. The zero-order chi connectivity index (χ0) is 9.97. The molecule has 72 valence electrons. The normalized spacial score (nSPS) is 14.7. The van der Waals surface area contributed by atoms with E-state index in [2.05, 4.69) is 15.5 Å². The fourth-order valence-electron chi connectivity index (χ4n) is 1.03. The molecule has 0 bridgehead atoms. The Morgan fingerprint density at radius 2 is 2.43 bits per heavy atom. The van der Waals surface area contributed by atoms with Gasteiger partial charge in [0.2, 0.25) is 0 Å². The maximum absolute atomic E-state index is 10.3. The Labute approximate surface area is 78.3 Å². The predicted octanol–water partition coefficient (Wildman–Crippen LogP) is 0.523. The first-order chi connectivity index (χ1) is 6.77. The molecule has 1 aliphatic rings. The van der Waals surface area contributed by atoms with Crippen LogP contribution in [0.2, 0.25) is 0 Å². The Morgan fingerprint density at radius 3 is 3.00 bits per heavy atom. The second-order valence-corrected chi connectivity index (χ2v) is 2.55. The molecule has 0 unspecified atom stereocenters. The summed E-state index contributed by atoms with van der Waals surface area (Å²) in [5.74, 6) is 0.0679. The molecule has 0 fully saturated rings. The SMILES string of the molecule is O=[N+]([O-])c1ccc(C2=NNC=NC2)o1. The van der Waals surface area contributed by atoms with E-state index >= 15 is 0 Å². The van der Waals surface area contributed by atoms with Gasteiger partial charge in [0.1, 0.15) is 17.0 Å². The number of aliphatic imine (C=N–C) groups is 1. The lowest BCUT2D eigenvalue weighted by atomic mass is 10.3. The Bertz CT molecular complexity index is 420. The van der Waals surface area contributed by atoms with Crippen molar-refractivity contribution in [2.24, 2.45) is 10.1 Å². The molecule has 1 aliphatic heterocycles. The predicted molar refractivity (Wildman–Crippen MR) is 48.4 cm³/mol. The average molecular weight is 194 g/mol. The molecule has 0 saturated carbocycles. The summed E-state index contributed by atoms with van der Waals surface area (Å²) in [5, 5.41) is 14.2. The second kappa shape index (κ2) is 3.29. The standard InChI is InChI=1S/C7H6N4O3/c12-11(13)7-2-1-6(14-7)5-3-8-4-9-10-5/h1-2,4H,3H2,(H,8,9). The summed E-state index contributed by atoms with van der Waals surface area (Å²) in [6, 6.07) is 2.79. The summed E-state index contributed by atoms with van der Waals surface area (Å²) < 4.78 is 4.94. The first-order valence-corrected chi connectivity index (χ1v) is 3.82. The maximum Gasteiger partial charge on any atom is 0.433 e. The molecular formula is C7H6N4O3. The molecule has 0 aliphatic carbocycles. The largest absolute Gasteiger partial charge is 0.433 e. The van der Waals surface area contributed by atoms with Gasteiger partial charge in [-0.05, 0) is 6.07 Å². The molecule has 0 atom stereocenters. The number of nitro groups is 1. The number of nitrogens with zero attached hydrogens (tertiary/aromatic N) is 3. The third kappa shape index (κ3) is 1.47. The van der Waals surface area contributed by atoms with E-state index < -0.39 is 4.92 Å². The fraction of sp³-hybridized carbons (Fsp3) is 0.143. The molecule has 1 aromatic rings. The highest BCUT2D eigenvalue weighted by molar-refractivity contribution is 6.01. The highest BCUT2D eigenvalue weighted by atomic mass is 16.6. The summed E-state index contributed by atoms with van der Waals surface area (Å²) in [6.07, 6.45) is 1.45. The van der Waals surface area contributed by atoms with E-state index in [1.54, 1.807) is 0 Å². The van der Waals surface area contributed by atoms with E-state index in [9.17, 15) is 10.1 Å². The molecule has 0 radical (unpaired) electrons. The van der Waals surface area contributed by atoms with Crippen LogP contribution in [-0.4, -0.2) is 23.5 Å². The van der Waals surface area contributed by atoms with Crippen LogP contribution in [0, 0.1) is 10.1 Å². The minimum absolute atomic E-state index is 0.294. The van der Waals surface area contributed by atoms with Gasteiger partial charge in [-0.2, -0.15) is 5.10 Å². The fourth-order valence-corrected chi connectivity index (χ4v) is 1.03. The monoisotopic (exact) mass is 194 g/mol. The van der Waals surface area contributed by atoms with E-state index in [1.807, 2.05) is 0 Å². The summed E-state index contributed by atoms with van der Waals surface area (Å²) in [7, 11) is 0. The molecule has 1 N–H and O–H groups in total. The zero-order valence-electron chi connectivity index (χ0n) is 7.01. The van der Waals surface area contributed by atoms with Crippen molar-refractivity contribution in [3.63, 3.8) is 0 Å². The number of rotatable bonds is 2. The molecule has 7 heteroatoms. The van der Waals surface area contributed by atoms with Crippen molar-refractivity contribution in [1.29, 1.82) is 0 Å². The Hall–Kier alpha value is -2.18. The molecule has 0 amide bonds. The van der Waals surface area contributed by atoms with Crippen molar-refractivity contribution >= 4 is 17.9 Å². The number of nitrogens with one attached hydrogen (secondary N) is 1. The van der Waals surface area contributed by atoms with Gasteiger partial charge in [-0.3, -0.25) is 20.5 Å². The van der Waals surface area contributed by atoms with Gasteiger partial charge in [-0.15, -0.1) is 0 Å². The molecule has 0 saturated heterocycles. The van der Waals surface area contributed by atoms with E-state index in [0.717, 1.165) is 0 Å².